The van der Waals surface area contributed by atoms with Gasteiger partial charge in [-0.3, -0.25) is 14.3 Å². The molecule has 1 aromatic carbocycles. The normalized spacial score (nSPS) is 20.7. The Kier molecular flexibility index (Phi) is 5.91. The van der Waals surface area contributed by atoms with Crippen molar-refractivity contribution in [3.63, 3.8) is 0 Å². The molecule has 0 radical (unpaired) electrons. The summed E-state index contributed by atoms with van der Waals surface area (Å²) in [5.74, 6) is -0.615. The minimum absolute atomic E-state index is 0.0694. The first-order valence-corrected chi connectivity index (χ1v) is 9.35. The Morgan fingerprint density at radius 3 is 2.63 bits per heavy atom. The lowest BCUT2D eigenvalue weighted by Gasteiger charge is -2.27. The molecule has 0 bridgehead atoms. The molecule has 0 saturated heterocycles. The molecule has 2 unspecified atom stereocenters. The average molecular weight is 370 g/mol. The van der Waals surface area contributed by atoms with Gasteiger partial charge in [-0.25, -0.2) is 0 Å². The minimum atomic E-state index is -0.376. The summed E-state index contributed by atoms with van der Waals surface area (Å²) in [5.41, 5.74) is 1.53. The van der Waals surface area contributed by atoms with Gasteiger partial charge < -0.3 is 15.7 Å². The fourth-order valence-electron chi connectivity index (χ4n) is 3.53. The number of amides is 2. The molecule has 1 aliphatic carbocycles. The minimum Gasteiger partial charge on any atom is -0.393 e. The van der Waals surface area contributed by atoms with E-state index in [9.17, 15) is 14.7 Å². The molecule has 1 aliphatic rings. The molecule has 3 N–H and O–H groups in total. The van der Waals surface area contributed by atoms with Crippen LogP contribution in [0.15, 0.2) is 36.4 Å². The predicted molar refractivity (Wildman–Crippen MR) is 102 cm³/mol. The summed E-state index contributed by atoms with van der Waals surface area (Å²) in [6.45, 7) is 1.94. The fraction of sp³-hybridized carbons (Fsp3) is 0.450. The number of hydrogen-bond donors (Lipinski definition) is 3. The molecule has 27 heavy (non-hydrogen) atoms. The van der Waals surface area contributed by atoms with Crippen molar-refractivity contribution in [2.45, 2.75) is 50.8 Å². The van der Waals surface area contributed by atoms with Gasteiger partial charge in [0.2, 0.25) is 0 Å². The highest BCUT2D eigenvalue weighted by atomic mass is 16.3. The third kappa shape index (κ3) is 4.36. The topological polar surface area (TPSA) is 96.3 Å². The van der Waals surface area contributed by atoms with E-state index in [1.165, 1.54) is 13.1 Å². The number of rotatable bonds is 5. The van der Waals surface area contributed by atoms with Gasteiger partial charge >= 0.3 is 0 Å². The zero-order valence-electron chi connectivity index (χ0n) is 15.7. The number of aromatic nitrogens is 2. The lowest BCUT2D eigenvalue weighted by molar-refractivity contribution is 0.0838. The molecule has 2 aromatic rings. The van der Waals surface area contributed by atoms with Crippen LogP contribution in [0.5, 0.6) is 0 Å². The lowest BCUT2D eigenvalue weighted by Crippen LogP contribution is -2.40. The van der Waals surface area contributed by atoms with Crippen LogP contribution in [-0.2, 0) is 0 Å². The van der Waals surface area contributed by atoms with Gasteiger partial charge in [0, 0.05) is 19.2 Å². The Morgan fingerprint density at radius 1 is 1.22 bits per heavy atom. The molecule has 1 aromatic heterocycles. The smallest absolute Gasteiger partial charge is 0.271 e. The average Bonchev–Trinajstić information content (AvgIpc) is 3.13. The van der Waals surface area contributed by atoms with Crippen LogP contribution in [0.25, 0.3) is 0 Å². The summed E-state index contributed by atoms with van der Waals surface area (Å²) in [6.07, 6.45) is 2.67. The molecule has 7 nitrogen and oxygen atoms in total. The monoisotopic (exact) mass is 370 g/mol. The van der Waals surface area contributed by atoms with Crippen LogP contribution >= 0.6 is 0 Å². The van der Waals surface area contributed by atoms with E-state index in [1.54, 1.807) is 4.68 Å². The van der Waals surface area contributed by atoms with Crippen LogP contribution in [-0.4, -0.2) is 45.9 Å². The van der Waals surface area contributed by atoms with Crippen molar-refractivity contribution < 1.29 is 14.7 Å². The molecule has 1 heterocycles. The Morgan fingerprint density at radius 2 is 1.96 bits per heavy atom. The third-order valence-corrected chi connectivity index (χ3v) is 5.06. The first-order chi connectivity index (χ1) is 13.0. The maximum Gasteiger partial charge on any atom is 0.271 e. The Hall–Kier alpha value is -2.67. The van der Waals surface area contributed by atoms with E-state index in [1.807, 2.05) is 37.3 Å². The quantitative estimate of drug-likeness (QED) is 0.749. The summed E-state index contributed by atoms with van der Waals surface area (Å²) >= 11 is 0. The Bertz CT molecular complexity index is 803. The van der Waals surface area contributed by atoms with Crippen molar-refractivity contribution in [3.8, 4) is 0 Å². The van der Waals surface area contributed by atoms with Crippen molar-refractivity contribution in [1.29, 1.82) is 0 Å². The second-order valence-corrected chi connectivity index (χ2v) is 7.02. The van der Waals surface area contributed by atoms with Crippen LogP contribution in [0.1, 0.15) is 65.2 Å². The van der Waals surface area contributed by atoms with Gasteiger partial charge in [0.25, 0.3) is 11.8 Å². The number of nitrogens with one attached hydrogen (secondary N) is 2. The highest BCUT2D eigenvalue weighted by Crippen LogP contribution is 2.22. The number of benzene rings is 1. The molecular formula is C20H26N4O3. The summed E-state index contributed by atoms with van der Waals surface area (Å²) in [7, 11) is 1.53. The summed E-state index contributed by atoms with van der Waals surface area (Å²) in [4.78, 5) is 25.0. The number of aliphatic hydroxyl groups excluding tert-OH is 1. The summed E-state index contributed by atoms with van der Waals surface area (Å²) < 4.78 is 1.59. The summed E-state index contributed by atoms with van der Waals surface area (Å²) in [5, 5.41) is 19.8. The standard InChI is InChI=1S/C20H26N4O3/c1-13(14-7-4-3-5-8-14)24-18(12-17(23-24)19(26)21-2)20(27)22-15-9-6-10-16(25)11-15/h3-5,7-8,12-13,15-16,25H,6,9-11H2,1-2H3,(H,21,26)(H,22,27)/t13-,15?,16?/m0/s1. The van der Waals surface area contributed by atoms with Gasteiger partial charge in [-0.05, 0) is 38.2 Å². The number of carbonyl (C=O) groups excluding carboxylic acids is 2. The van der Waals surface area contributed by atoms with E-state index in [4.69, 9.17) is 0 Å². The van der Waals surface area contributed by atoms with Gasteiger partial charge in [0.05, 0.1) is 12.1 Å². The van der Waals surface area contributed by atoms with E-state index in [-0.39, 0.29) is 35.7 Å². The first-order valence-electron chi connectivity index (χ1n) is 9.35. The molecule has 0 spiro atoms. The zero-order valence-corrected chi connectivity index (χ0v) is 15.7. The van der Waals surface area contributed by atoms with E-state index in [0.29, 0.717) is 12.1 Å². The van der Waals surface area contributed by atoms with E-state index in [2.05, 4.69) is 15.7 Å². The molecular weight excluding hydrogens is 344 g/mol. The SMILES string of the molecule is CNC(=O)c1cc(C(=O)NC2CCCC(O)C2)n([C@@H](C)c2ccccc2)n1. The van der Waals surface area contributed by atoms with E-state index < -0.39 is 0 Å². The molecule has 1 saturated carbocycles. The van der Waals surface area contributed by atoms with E-state index in [0.717, 1.165) is 24.8 Å². The van der Waals surface area contributed by atoms with Crippen LogP contribution < -0.4 is 10.6 Å². The van der Waals surface area contributed by atoms with Gasteiger partial charge in [-0.1, -0.05) is 30.3 Å². The van der Waals surface area contributed by atoms with Crippen molar-refractivity contribution in [3.05, 3.63) is 53.3 Å². The van der Waals surface area contributed by atoms with Crippen LogP contribution in [0.4, 0.5) is 0 Å². The highest BCUT2D eigenvalue weighted by Gasteiger charge is 2.26. The first kappa shape index (κ1) is 19.1. The molecule has 7 heteroatoms. The Balaban J connectivity index is 1.89. The zero-order chi connectivity index (χ0) is 19.4. The maximum atomic E-state index is 12.9. The summed E-state index contributed by atoms with van der Waals surface area (Å²) in [6, 6.07) is 11.0. The second-order valence-electron chi connectivity index (χ2n) is 7.02. The van der Waals surface area contributed by atoms with Crippen LogP contribution in [0.2, 0.25) is 0 Å². The van der Waals surface area contributed by atoms with Crippen molar-refractivity contribution >= 4 is 11.8 Å². The van der Waals surface area contributed by atoms with Gasteiger partial charge in [0.1, 0.15) is 5.69 Å². The largest absolute Gasteiger partial charge is 0.393 e. The number of hydrogen-bond acceptors (Lipinski definition) is 4. The number of nitrogens with zero attached hydrogens (tertiary/aromatic N) is 2. The van der Waals surface area contributed by atoms with Crippen LogP contribution in [0.3, 0.4) is 0 Å². The molecule has 3 rings (SSSR count). The van der Waals surface area contributed by atoms with Gasteiger partial charge in [-0.15, -0.1) is 0 Å². The lowest BCUT2D eigenvalue weighted by atomic mass is 9.93. The van der Waals surface area contributed by atoms with Crippen molar-refractivity contribution in [2.75, 3.05) is 7.05 Å². The Labute approximate surface area is 158 Å². The van der Waals surface area contributed by atoms with E-state index >= 15 is 0 Å². The molecule has 0 aliphatic heterocycles. The fourth-order valence-corrected chi connectivity index (χ4v) is 3.53. The predicted octanol–water partition coefficient (Wildman–Crippen LogP) is 1.89. The van der Waals surface area contributed by atoms with Gasteiger partial charge in [-0.2, -0.15) is 5.10 Å². The molecule has 144 valence electrons. The number of carbonyl (C=O) groups is 2. The van der Waals surface area contributed by atoms with Crippen LogP contribution in [0, 0.1) is 0 Å². The molecule has 1 fully saturated rings. The molecule has 3 atom stereocenters. The van der Waals surface area contributed by atoms with Crippen molar-refractivity contribution in [2.24, 2.45) is 0 Å². The third-order valence-electron chi connectivity index (χ3n) is 5.06. The molecule has 2 amide bonds. The van der Waals surface area contributed by atoms with Crippen molar-refractivity contribution in [1.82, 2.24) is 20.4 Å². The van der Waals surface area contributed by atoms with Gasteiger partial charge in [0.15, 0.2) is 5.69 Å². The maximum absolute atomic E-state index is 12.9. The number of aliphatic hydroxyl groups is 1. The highest BCUT2D eigenvalue weighted by molar-refractivity contribution is 5.98. The second kappa shape index (κ2) is 8.35.